The van der Waals surface area contributed by atoms with Crippen molar-refractivity contribution in [1.82, 2.24) is 4.90 Å². The van der Waals surface area contributed by atoms with Gasteiger partial charge in [0.05, 0.1) is 5.56 Å². The van der Waals surface area contributed by atoms with Crippen LogP contribution in [0.1, 0.15) is 41.6 Å². The summed E-state index contributed by atoms with van der Waals surface area (Å²) in [6.45, 7) is 7.43. The molecule has 2 rings (SSSR count). The predicted octanol–water partition coefficient (Wildman–Crippen LogP) is 2.27. The Labute approximate surface area is 112 Å². The number of thiophene rings is 1. The molecule has 18 heavy (non-hydrogen) atoms. The van der Waals surface area contributed by atoms with Gasteiger partial charge in [-0.3, -0.25) is 0 Å². The Bertz CT molecular complexity index is 474. The average molecular weight is 268 g/mol. The molecular weight excluding hydrogens is 248 g/mol. The summed E-state index contributed by atoms with van der Waals surface area (Å²) in [7, 11) is 2.08. The largest absolute Gasteiger partial charge is 0.456 e. The number of likely N-dealkylation sites (N-methyl/N-ethyl adjacent to an activating group) is 1. The molecule has 1 aliphatic rings. The van der Waals surface area contributed by atoms with Crippen LogP contribution in [-0.4, -0.2) is 30.1 Å². The van der Waals surface area contributed by atoms with Crippen LogP contribution in [0.5, 0.6) is 0 Å². The van der Waals surface area contributed by atoms with Crippen LogP contribution in [0.25, 0.3) is 0 Å². The monoisotopic (exact) mass is 268 g/mol. The number of ether oxygens (including phenoxy) is 1. The molecule has 0 saturated carbocycles. The van der Waals surface area contributed by atoms with Crippen molar-refractivity contribution in [3.63, 3.8) is 0 Å². The highest BCUT2D eigenvalue weighted by atomic mass is 32.1. The van der Waals surface area contributed by atoms with Crippen molar-refractivity contribution in [3.8, 4) is 0 Å². The van der Waals surface area contributed by atoms with Crippen LogP contribution in [0.4, 0.5) is 5.00 Å². The van der Waals surface area contributed by atoms with E-state index in [4.69, 9.17) is 10.5 Å². The van der Waals surface area contributed by atoms with E-state index in [1.54, 1.807) is 0 Å². The molecule has 1 aliphatic heterocycles. The Hall–Kier alpha value is -1.07. The number of nitrogen functional groups attached to an aromatic ring is 1. The minimum Gasteiger partial charge on any atom is -0.456 e. The molecule has 0 amide bonds. The van der Waals surface area contributed by atoms with E-state index in [0.29, 0.717) is 10.6 Å². The van der Waals surface area contributed by atoms with Gasteiger partial charge >= 0.3 is 5.97 Å². The fourth-order valence-corrected chi connectivity index (χ4v) is 3.29. The van der Waals surface area contributed by atoms with Gasteiger partial charge in [0, 0.05) is 18.0 Å². The van der Waals surface area contributed by atoms with Gasteiger partial charge in [-0.1, -0.05) is 0 Å². The number of nitrogens with two attached hydrogens (primary N) is 1. The minimum absolute atomic E-state index is 0.290. The number of hydrogen-bond donors (Lipinski definition) is 1. The molecule has 2 N–H and O–H groups in total. The Balaban J connectivity index is 2.31. The summed E-state index contributed by atoms with van der Waals surface area (Å²) in [4.78, 5) is 15.6. The first-order valence-electron chi connectivity index (χ1n) is 6.10. The molecule has 0 bridgehead atoms. The zero-order chi connectivity index (χ0) is 13.5. The standard InChI is InChI=1S/C13H20N2O2S/c1-13(2,3)17-12(16)10-8-5-6-15(4)7-9(8)18-11(10)14/h5-7,14H2,1-4H3. The molecule has 1 aromatic heterocycles. The van der Waals surface area contributed by atoms with Crippen LogP contribution >= 0.6 is 11.3 Å². The number of esters is 1. The predicted molar refractivity (Wildman–Crippen MR) is 73.9 cm³/mol. The summed E-state index contributed by atoms with van der Waals surface area (Å²) in [6, 6.07) is 0. The van der Waals surface area contributed by atoms with Crippen LogP contribution in [0.15, 0.2) is 0 Å². The fraction of sp³-hybridized carbons (Fsp3) is 0.615. The lowest BCUT2D eigenvalue weighted by Crippen LogP contribution is -2.28. The highest BCUT2D eigenvalue weighted by Gasteiger charge is 2.28. The Morgan fingerprint density at radius 1 is 1.44 bits per heavy atom. The lowest BCUT2D eigenvalue weighted by Gasteiger charge is -2.23. The molecule has 4 nitrogen and oxygen atoms in total. The zero-order valence-corrected chi connectivity index (χ0v) is 12.2. The molecule has 100 valence electrons. The number of hydrogen-bond acceptors (Lipinski definition) is 5. The van der Waals surface area contributed by atoms with Gasteiger partial charge in [0.1, 0.15) is 10.6 Å². The van der Waals surface area contributed by atoms with Gasteiger partial charge in [-0.25, -0.2) is 4.79 Å². The second-order valence-electron chi connectivity index (χ2n) is 5.73. The number of rotatable bonds is 1. The van der Waals surface area contributed by atoms with Gasteiger partial charge in [-0.2, -0.15) is 0 Å². The Kier molecular flexibility index (Phi) is 3.38. The first-order chi connectivity index (χ1) is 8.28. The van der Waals surface area contributed by atoms with Gasteiger partial charge in [0.25, 0.3) is 0 Å². The van der Waals surface area contributed by atoms with Gasteiger partial charge in [-0.15, -0.1) is 11.3 Å². The minimum atomic E-state index is -0.482. The summed E-state index contributed by atoms with van der Waals surface area (Å²) in [5.74, 6) is -0.290. The smallest absolute Gasteiger partial charge is 0.341 e. The quantitative estimate of drug-likeness (QED) is 0.794. The van der Waals surface area contributed by atoms with Crippen molar-refractivity contribution >= 4 is 22.3 Å². The van der Waals surface area contributed by atoms with E-state index in [1.807, 2.05) is 20.8 Å². The third-order valence-electron chi connectivity index (χ3n) is 2.88. The molecule has 1 aromatic rings. The van der Waals surface area contributed by atoms with Gasteiger partial charge < -0.3 is 15.4 Å². The fourth-order valence-electron chi connectivity index (χ4n) is 2.11. The SMILES string of the molecule is CN1CCc2c(sc(N)c2C(=O)OC(C)(C)C)C1. The molecular formula is C13H20N2O2S. The van der Waals surface area contributed by atoms with Gasteiger partial charge in [0.2, 0.25) is 0 Å². The first kappa shape index (κ1) is 13.4. The van der Waals surface area contributed by atoms with E-state index in [2.05, 4.69) is 11.9 Å². The number of carbonyl (C=O) groups excluding carboxylic acids is 1. The number of carbonyl (C=O) groups is 1. The molecule has 0 aromatic carbocycles. The van der Waals surface area contributed by atoms with Crippen LogP contribution in [0.2, 0.25) is 0 Å². The van der Waals surface area contributed by atoms with Crippen molar-refractivity contribution < 1.29 is 9.53 Å². The zero-order valence-electron chi connectivity index (χ0n) is 11.4. The van der Waals surface area contributed by atoms with Crippen molar-refractivity contribution in [2.45, 2.75) is 39.3 Å². The summed E-state index contributed by atoms with van der Waals surface area (Å²) in [5, 5.41) is 0.588. The number of anilines is 1. The normalized spacial score (nSPS) is 16.4. The molecule has 0 aliphatic carbocycles. The summed E-state index contributed by atoms with van der Waals surface area (Å²) in [6.07, 6.45) is 0.869. The van der Waals surface area contributed by atoms with E-state index < -0.39 is 5.60 Å². The Morgan fingerprint density at radius 3 is 2.72 bits per heavy atom. The lowest BCUT2D eigenvalue weighted by atomic mass is 10.0. The van der Waals surface area contributed by atoms with Crippen molar-refractivity contribution in [3.05, 3.63) is 16.0 Å². The van der Waals surface area contributed by atoms with Crippen molar-refractivity contribution in [1.29, 1.82) is 0 Å². The van der Waals surface area contributed by atoms with Crippen LogP contribution in [-0.2, 0) is 17.7 Å². The molecule has 0 spiro atoms. The molecule has 0 unspecified atom stereocenters. The van der Waals surface area contributed by atoms with E-state index in [-0.39, 0.29) is 5.97 Å². The van der Waals surface area contributed by atoms with Crippen LogP contribution in [0, 0.1) is 0 Å². The van der Waals surface area contributed by atoms with Crippen molar-refractivity contribution in [2.75, 3.05) is 19.3 Å². The molecule has 5 heteroatoms. The highest BCUT2D eigenvalue weighted by molar-refractivity contribution is 7.16. The maximum absolute atomic E-state index is 12.2. The summed E-state index contributed by atoms with van der Waals surface area (Å²) < 4.78 is 5.43. The molecule has 0 fully saturated rings. The van der Waals surface area contributed by atoms with Crippen LogP contribution < -0.4 is 5.73 Å². The average Bonchev–Trinajstić information content (AvgIpc) is 2.50. The Morgan fingerprint density at radius 2 is 2.11 bits per heavy atom. The summed E-state index contributed by atoms with van der Waals surface area (Å²) >= 11 is 1.51. The maximum atomic E-state index is 12.2. The molecule has 0 atom stereocenters. The summed E-state index contributed by atoms with van der Waals surface area (Å²) in [5.41, 5.74) is 7.19. The third-order valence-corrected chi connectivity index (χ3v) is 3.92. The van der Waals surface area contributed by atoms with E-state index in [0.717, 1.165) is 25.1 Å². The maximum Gasteiger partial charge on any atom is 0.341 e. The van der Waals surface area contributed by atoms with Gasteiger partial charge in [0.15, 0.2) is 0 Å². The number of nitrogens with zero attached hydrogens (tertiary/aromatic N) is 1. The molecule has 2 heterocycles. The highest BCUT2D eigenvalue weighted by Crippen LogP contribution is 2.35. The number of fused-ring (bicyclic) bond motifs is 1. The van der Waals surface area contributed by atoms with E-state index in [1.165, 1.54) is 16.2 Å². The lowest BCUT2D eigenvalue weighted by molar-refractivity contribution is 0.00696. The van der Waals surface area contributed by atoms with E-state index in [9.17, 15) is 4.79 Å². The third kappa shape index (κ3) is 2.67. The molecule has 0 radical (unpaired) electrons. The van der Waals surface area contributed by atoms with E-state index >= 15 is 0 Å². The first-order valence-corrected chi connectivity index (χ1v) is 6.91. The van der Waals surface area contributed by atoms with Gasteiger partial charge in [-0.05, 0) is 39.8 Å². The second-order valence-corrected chi connectivity index (χ2v) is 6.87. The second kappa shape index (κ2) is 4.55. The van der Waals surface area contributed by atoms with Crippen LogP contribution in [0.3, 0.4) is 0 Å². The van der Waals surface area contributed by atoms with Crippen molar-refractivity contribution in [2.24, 2.45) is 0 Å². The molecule has 0 saturated heterocycles. The topological polar surface area (TPSA) is 55.6 Å².